The molecule has 1 aliphatic heterocycles. The minimum Gasteiger partial charge on any atom is -0.153 e. The molecule has 0 aromatic rings. The van der Waals surface area contributed by atoms with Crippen LogP contribution in [0.1, 0.15) is 20.8 Å². The Kier molecular flexibility index (Phi) is 1.64. The molecular weight excluding hydrogens is 148 g/mol. The van der Waals surface area contributed by atoms with Gasteiger partial charge in [-0.2, -0.15) is 9.06 Å². The van der Waals surface area contributed by atoms with Gasteiger partial charge in [-0.15, -0.1) is 10.8 Å². The summed E-state index contributed by atoms with van der Waals surface area (Å²) in [6.07, 6.45) is 2.34. The molecule has 0 aliphatic carbocycles. The van der Waals surface area contributed by atoms with Crippen molar-refractivity contribution in [2.24, 2.45) is 0 Å². The van der Waals surface area contributed by atoms with E-state index in [-0.39, 0.29) is 9.06 Å². The lowest BCUT2D eigenvalue weighted by molar-refractivity contribution is 0.810. The molecule has 0 saturated carbocycles. The van der Waals surface area contributed by atoms with E-state index >= 15 is 0 Å². The third-order valence-electron chi connectivity index (χ3n) is 0.949. The molecule has 0 bridgehead atoms. The molecule has 1 heterocycles. The van der Waals surface area contributed by atoms with Crippen LogP contribution in [0.5, 0.6) is 0 Å². The quantitative estimate of drug-likeness (QED) is 0.533. The van der Waals surface area contributed by atoms with Crippen molar-refractivity contribution in [2.75, 3.05) is 6.26 Å². The Balaban J connectivity index is 2.34. The number of hydrogen-bond donors (Lipinski definition) is 0. The molecule has 1 aliphatic rings. The summed E-state index contributed by atoms with van der Waals surface area (Å²) in [5.41, 5.74) is 0. The first kappa shape index (κ1) is 7.55. The number of hydrogen-bond acceptors (Lipinski definition) is 1. The third-order valence-corrected chi connectivity index (χ3v) is 6.09. The van der Waals surface area contributed by atoms with E-state index in [1.165, 1.54) is 0 Å². The first-order chi connectivity index (χ1) is 3.91. The Bertz CT molecular complexity index is 132. The van der Waals surface area contributed by atoms with Gasteiger partial charge in [0.15, 0.2) is 0 Å². The molecule has 0 nitrogen and oxygen atoms in total. The van der Waals surface area contributed by atoms with Crippen LogP contribution in [0.25, 0.3) is 0 Å². The first-order valence-corrected chi connectivity index (χ1v) is 6.58. The minimum absolute atomic E-state index is 0.365. The van der Waals surface area contributed by atoms with E-state index in [0.717, 1.165) is 0 Å². The van der Waals surface area contributed by atoms with Crippen LogP contribution < -0.4 is 0 Å². The van der Waals surface area contributed by atoms with E-state index in [0.29, 0.717) is 4.75 Å². The molecule has 0 saturated heterocycles. The van der Waals surface area contributed by atoms with Gasteiger partial charge in [0, 0.05) is 4.75 Å². The van der Waals surface area contributed by atoms with Crippen molar-refractivity contribution >= 4 is 19.9 Å². The van der Waals surface area contributed by atoms with E-state index in [9.17, 15) is 0 Å². The van der Waals surface area contributed by atoms with Crippen LogP contribution in [-0.4, -0.2) is 11.0 Å². The van der Waals surface area contributed by atoms with Gasteiger partial charge in [-0.05, 0) is 17.1 Å². The van der Waals surface area contributed by atoms with Gasteiger partial charge in [-0.3, -0.25) is 0 Å². The predicted octanol–water partition coefficient (Wildman–Crippen LogP) is 3.35. The van der Waals surface area contributed by atoms with Crippen LogP contribution in [0.2, 0.25) is 0 Å². The van der Waals surface area contributed by atoms with Crippen molar-refractivity contribution in [3.05, 3.63) is 10.8 Å². The normalized spacial score (nSPS) is 25.8. The van der Waals surface area contributed by atoms with Gasteiger partial charge in [-0.25, -0.2) is 0 Å². The van der Waals surface area contributed by atoms with E-state index in [1.807, 2.05) is 0 Å². The number of rotatable bonds is 1. The summed E-state index contributed by atoms with van der Waals surface area (Å²) in [6, 6.07) is 0. The van der Waals surface area contributed by atoms with E-state index in [4.69, 9.17) is 0 Å². The van der Waals surface area contributed by atoms with Crippen molar-refractivity contribution in [1.29, 1.82) is 0 Å². The third kappa shape index (κ3) is 2.67. The highest BCUT2D eigenvalue weighted by Crippen LogP contribution is 2.73. The predicted molar refractivity (Wildman–Crippen MR) is 50.0 cm³/mol. The first-order valence-electron chi connectivity index (χ1n) is 3.08. The van der Waals surface area contributed by atoms with Gasteiger partial charge >= 0.3 is 0 Å². The topological polar surface area (TPSA) is 0 Å². The lowest BCUT2D eigenvalue weighted by atomic mass is 10.3. The van der Waals surface area contributed by atoms with Crippen molar-refractivity contribution in [3.8, 4) is 0 Å². The van der Waals surface area contributed by atoms with Gasteiger partial charge < -0.3 is 0 Å². The molecule has 2 heteroatoms. The summed E-state index contributed by atoms with van der Waals surface area (Å²) in [5, 5.41) is 4.67. The second-order valence-electron chi connectivity index (χ2n) is 3.43. The Morgan fingerprint density at radius 3 is 1.78 bits per heavy atom. The molecule has 0 amide bonds. The fourth-order valence-electron chi connectivity index (χ4n) is 0.672. The largest absolute Gasteiger partial charge is 0.153 e. The van der Waals surface area contributed by atoms with Crippen LogP contribution in [0.4, 0.5) is 0 Å². The second kappa shape index (κ2) is 1.96. The van der Waals surface area contributed by atoms with Gasteiger partial charge in [0.2, 0.25) is 0 Å². The average Bonchev–Trinajstić information content (AvgIpc) is 2.12. The zero-order valence-electron chi connectivity index (χ0n) is 6.47. The lowest BCUT2D eigenvalue weighted by Crippen LogP contribution is -2.06. The summed E-state index contributed by atoms with van der Waals surface area (Å²) in [7, 11) is 1.73. The molecule has 54 valence electrons. The maximum Gasteiger partial charge on any atom is 0.0170 e. The monoisotopic (exact) mass is 162 g/mol. The maximum absolute atomic E-state index is 2.34. The van der Waals surface area contributed by atoms with Crippen LogP contribution in [-0.2, 0) is 0 Å². The molecular formula is C7H14S2. The Labute approximate surface area is 62.8 Å². The molecule has 0 atom stereocenters. The average molecular weight is 162 g/mol. The highest BCUT2D eigenvalue weighted by molar-refractivity contribution is 8.99. The molecule has 0 spiro atoms. The molecule has 0 aromatic heterocycles. The van der Waals surface area contributed by atoms with Crippen LogP contribution in [0.15, 0.2) is 10.8 Å². The summed E-state index contributed by atoms with van der Waals surface area (Å²) in [6.45, 7) is 6.82. The molecule has 1 rings (SSSR count). The standard InChI is InChI=1S/C7H14S2/c1-7(2,3)8-9(4)5-6-9/h5-6H,1-4H3. The maximum atomic E-state index is 2.34. The van der Waals surface area contributed by atoms with Gasteiger partial charge in [0.25, 0.3) is 0 Å². The summed E-state index contributed by atoms with van der Waals surface area (Å²) in [5.74, 6) is 0. The molecule has 9 heavy (non-hydrogen) atoms. The summed E-state index contributed by atoms with van der Waals surface area (Å²) < 4.78 is 0.438. The fraction of sp³-hybridized carbons (Fsp3) is 0.714. The van der Waals surface area contributed by atoms with Crippen LogP contribution >= 0.6 is 19.9 Å². The summed E-state index contributed by atoms with van der Waals surface area (Å²) >= 11 is 0. The Hall–Kier alpha value is 0.440. The Morgan fingerprint density at radius 1 is 1.22 bits per heavy atom. The van der Waals surface area contributed by atoms with Crippen molar-refractivity contribution in [1.82, 2.24) is 0 Å². The SMILES string of the molecule is CC(C)(C)SS1(C)C=C1. The van der Waals surface area contributed by atoms with E-state index in [2.05, 4.69) is 48.6 Å². The molecule has 0 N–H and O–H groups in total. The van der Waals surface area contributed by atoms with Crippen molar-refractivity contribution < 1.29 is 0 Å². The highest BCUT2D eigenvalue weighted by Gasteiger charge is 2.28. The Morgan fingerprint density at radius 2 is 1.67 bits per heavy atom. The molecule has 0 aromatic carbocycles. The molecule has 0 radical (unpaired) electrons. The lowest BCUT2D eigenvalue weighted by Gasteiger charge is -2.25. The zero-order valence-corrected chi connectivity index (χ0v) is 8.10. The molecule has 0 unspecified atom stereocenters. The zero-order chi connectivity index (χ0) is 7.12. The van der Waals surface area contributed by atoms with E-state index in [1.54, 1.807) is 0 Å². The van der Waals surface area contributed by atoms with Crippen molar-refractivity contribution in [3.63, 3.8) is 0 Å². The van der Waals surface area contributed by atoms with Gasteiger partial charge in [0.1, 0.15) is 0 Å². The van der Waals surface area contributed by atoms with Crippen LogP contribution in [0, 0.1) is 0 Å². The minimum atomic E-state index is -0.365. The smallest absolute Gasteiger partial charge is 0.0170 e. The fourth-order valence-corrected chi connectivity index (χ4v) is 6.46. The molecule has 0 fully saturated rings. The van der Waals surface area contributed by atoms with E-state index < -0.39 is 0 Å². The highest BCUT2D eigenvalue weighted by atomic mass is 33.2. The van der Waals surface area contributed by atoms with Gasteiger partial charge in [0.05, 0.1) is 0 Å². The summed E-state index contributed by atoms with van der Waals surface area (Å²) in [4.78, 5) is 0. The van der Waals surface area contributed by atoms with Gasteiger partial charge in [-0.1, -0.05) is 20.8 Å². The van der Waals surface area contributed by atoms with Crippen molar-refractivity contribution in [2.45, 2.75) is 25.5 Å². The second-order valence-corrected chi connectivity index (χ2v) is 9.96. The van der Waals surface area contributed by atoms with Crippen LogP contribution in [0.3, 0.4) is 0 Å².